The molecule has 2 aliphatic rings. The molecule has 31 heavy (non-hydrogen) atoms. The number of nitrogens with zero attached hydrogens (tertiary/aromatic N) is 2. The maximum Gasteiger partial charge on any atom is 0.227 e. The zero-order valence-corrected chi connectivity index (χ0v) is 18.6. The predicted octanol–water partition coefficient (Wildman–Crippen LogP) is 3.87. The molecule has 1 saturated heterocycles. The Hall–Kier alpha value is -2.89. The van der Waals surface area contributed by atoms with Gasteiger partial charge in [0.1, 0.15) is 6.10 Å². The fourth-order valence-corrected chi connectivity index (χ4v) is 4.36. The van der Waals surface area contributed by atoms with Crippen molar-refractivity contribution in [2.75, 3.05) is 11.4 Å². The van der Waals surface area contributed by atoms with Crippen molar-refractivity contribution in [3.05, 3.63) is 53.2 Å². The van der Waals surface area contributed by atoms with Gasteiger partial charge in [0, 0.05) is 37.0 Å². The minimum absolute atomic E-state index is 0.00995. The van der Waals surface area contributed by atoms with Crippen LogP contribution >= 0.6 is 0 Å². The van der Waals surface area contributed by atoms with E-state index < -0.39 is 0 Å². The summed E-state index contributed by atoms with van der Waals surface area (Å²) >= 11 is 0. The van der Waals surface area contributed by atoms with Crippen molar-refractivity contribution in [1.29, 1.82) is 0 Å². The number of nitrogens with one attached hydrogen (secondary N) is 1. The lowest BCUT2D eigenvalue weighted by Crippen LogP contribution is -2.43. The van der Waals surface area contributed by atoms with Crippen LogP contribution in [0.15, 0.2) is 36.5 Å². The van der Waals surface area contributed by atoms with E-state index in [4.69, 9.17) is 4.74 Å². The van der Waals surface area contributed by atoms with E-state index in [-0.39, 0.29) is 36.3 Å². The van der Waals surface area contributed by atoms with Crippen LogP contribution in [0.5, 0.6) is 5.88 Å². The normalized spacial score (nSPS) is 23.6. The zero-order chi connectivity index (χ0) is 22.0. The molecule has 1 aliphatic carbocycles. The molecule has 1 aliphatic heterocycles. The van der Waals surface area contributed by atoms with Crippen molar-refractivity contribution >= 4 is 17.5 Å². The zero-order valence-electron chi connectivity index (χ0n) is 18.6. The molecule has 2 aromatic rings. The van der Waals surface area contributed by atoms with Crippen LogP contribution in [0.25, 0.3) is 0 Å². The molecular formula is C25H31N3O3. The molecule has 6 nitrogen and oxygen atoms in total. The molecule has 4 rings (SSSR count). The van der Waals surface area contributed by atoms with Gasteiger partial charge in [-0.2, -0.15) is 0 Å². The number of carbonyl (C=O) groups excluding carboxylic acids is 2. The van der Waals surface area contributed by atoms with Gasteiger partial charge in [0.05, 0.1) is 5.92 Å². The third-order valence-electron chi connectivity index (χ3n) is 6.49. The maximum absolute atomic E-state index is 12.8. The van der Waals surface area contributed by atoms with Gasteiger partial charge in [-0.1, -0.05) is 12.1 Å². The van der Waals surface area contributed by atoms with Crippen LogP contribution in [0.3, 0.4) is 0 Å². The van der Waals surface area contributed by atoms with Gasteiger partial charge < -0.3 is 15.0 Å². The summed E-state index contributed by atoms with van der Waals surface area (Å²) in [6, 6.07) is 10.1. The van der Waals surface area contributed by atoms with E-state index in [0.29, 0.717) is 12.4 Å². The number of rotatable bonds is 5. The Kier molecular flexibility index (Phi) is 6.25. The van der Waals surface area contributed by atoms with Gasteiger partial charge in [0.2, 0.25) is 17.7 Å². The molecule has 6 heteroatoms. The number of amides is 2. The number of carbonyl (C=O) groups is 2. The Morgan fingerprint density at radius 3 is 2.52 bits per heavy atom. The van der Waals surface area contributed by atoms with E-state index in [1.165, 1.54) is 5.56 Å². The Bertz CT molecular complexity index is 949. The first-order valence-corrected chi connectivity index (χ1v) is 11.2. The second-order valence-electron chi connectivity index (χ2n) is 8.95. The Morgan fingerprint density at radius 2 is 1.84 bits per heavy atom. The number of benzene rings is 1. The average molecular weight is 422 g/mol. The Labute approximate surface area is 184 Å². The summed E-state index contributed by atoms with van der Waals surface area (Å²) in [6.07, 6.45) is 5.75. The monoisotopic (exact) mass is 421 g/mol. The van der Waals surface area contributed by atoms with E-state index >= 15 is 0 Å². The molecule has 164 valence electrons. The average Bonchev–Trinajstić information content (AvgIpc) is 3.15. The van der Waals surface area contributed by atoms with Crippen molar-refractivity contribution < 1.29 is 14.3 Å². The lowest BCUT2D eigenvalue weighted by molar-refractivity contribution is -0.127. The van der Waals surface area contributed by atoms with Crippen molar-refractivity contribution in [2.45, 2.75) is 65.0 Å². The third kappa shape index (κ3) is 5.06. The molecule has 1 aromatic carbocycles. The first-order chi connectivity index (χ1) is 14.9. The SMILES string of the molecule is Cc1ccc(OC2CCC(NC(=O)C3CC(=O)N(c4ccc(C)c(C)c4)C3)CC2)nc1. The van der Waals surface area contributed by atoms with Crippen LogP contribution < -0.4 is 15.0 Å². The van der Waals surface area contributed by atoms with Crippen LogP contribution in [0.1, 0.15) is 48.8 Å². The van der Waals surface area contributed by atoms with E-state index in [1.54, 1.807) is 4.90 Å². The minimum atomic E-state index is -0.292. The van der Waals surface area contributed by atoms with Crippen molar-refractivity contribution in [1.82, 2.24) is 10.3 Å². The van der Waals surface area contributed by atoms with Gasteiger partial charge >= 0.3 is 0 Å². The summed E-state index contributed by atoms with van der Waals surface area (Å²) in [4.78, 5) is 31.4. The van der Waals surface area contributed by atoms with E-state index in [9.17, 15) is 9.59 Å². The topological polar surface area (TPSA) is 71.5 Å². The van der Waals surface area contributed by atoms with Gasteiger partial charge in [-0.3, -0.25) is 9.59 Å². The predicted molar refractivity (Wildman–Crippen MR) is 120 cm³/mol. The summed E-state index contributed by atoms with van der Waals surface area (Å²) in [6.45, 7) is 6.55. The molecular weight excluding hydrogens is 390 g/mol. The number of ether oxygens (including phenoxy) is 1. The summed E-state index contributed by atoms with van der Waals surface area (Å²) in [5, 5.41) is 3.18. The number of aromatic nitrogens is 1. The second kappa shape index (κ2) is 9.08. The van der Waals surface area contributed by atoms with Crippen LogP contribution in [-0.4, -0.2) is 35.5 Å². The Morgan fingerprint density at radius 1 is 1.06 bits per heavy atom. The van der Waals surface area contributed by atoms with Gasteiger partial charge in [0.15, 0.2) is 0 Å². The number of pyridine rings is 1. The molecule has 1 unspecified atom stereocenters. The highest BCUT2D eigenvalue weighted by Gasteiger charge is 2.36. The highest BCUT2D eigenvalue weighted by Crippen LogP contribution is 2.28. The lowest BCUT2D eigenvalue weighted by atomic mass is 9.92. The second-order valence-corrected chi connectivity index (χ2v) is 8.95. The van der Waals surface area contributed by atoms with E-state index in [2.05, 4.69) is 17.2 Å². The minimum Gasteiger partial charge on any atom is -0.474 e. The lowest BCUT2D eigenvalue weighted by Gasteiger charge is -2.29. The largest absolute Gasteiger partial charge is 0.474 e. The summed E-state index contributed by atoms with van der Waals surface area (Å²) in [5.41, 5.74) is 4.34. The summed E-state index contributed by atoms with van der Waals surface area (Å²) in [5.74, 6) is 0.379. The molecule has 0 spiro atoms. The van der Waals surface area contributed by atoms with Gasteiger partial charge in [-0.15, -0.1) is 0 Å². The molecule has 1 aromatic heterocycles. The van der Waals surface area contributed by atoms with Crippen LogP contribution in [0.4, 0.5) is 5.69 Å². The number of hydrogen-bond acceptors (Lipinski definition) is 4. The number of aryl methyl sites for hydroxylation is 3. The van der Waals surface area contributed by atoms with Gasteiger partial charge in [-0.05, 0) is 75.3 Å². The standard InChI is InChI=1S/C25H31N3O3/c1-16-4-11-23(26-14-16)31-22-9-6-20(7-10-22)27-25(30)19-13-24(29)28(15-19)21-8-5-17(2)18(3)12-21/h4-5,8,11-12,14,19-20,22H,6-7,9-10,13,15H2,1-3H3,(H,27,30). The molecule has 0 radical (unpaired) electrons. The first kappa shape index (κ1) is 21.3. The maximum atomic E-state index is 12.8. The van der Waals surface area contributed by atoms with Crippen LogP contribution in [0, 0.1) is 26.7 Å². The smallest absolute Gasteiger partial charge is 0.227 e. The highest BCUT2D eigenvalue weighted by molar-refractivity contribution is 6.00. The Balaban J connectivity index is 1.27. The quantitative estimate of drug-likeness (QED) is 0.796. The fraction of sp³-hybridized carbons (Fsp3) is 0.480. The molecule has 0 bridgehead atoms. The van der Waals surface area contributed by atoms with Gasteiger partial charge in [0.25, 0.3) is 0 Å². The molecule has 2 heterocycles. The third-order valence-corrected chi connectivity index (χ3v) is 6.49. The van der Waals surface area contributed by atoms with E-state index in [1.807, 2.05) is 50.4 Å². The highest BCUT2D eigenvalue weighted by atomic mass is 16.5. The van der Waals surface area contributed by atoms with Crippen molar-refractivity contribution in [3.63, 3.8) is 0 Å². The van der Waals surface area contributed by atoms with Crippen molar-refractivity contribution in [3.8, 4) is 5.88 Å². The molecule has 2 amide bonds. The number of anilines is 1. The fourth-order valence-electron chi connectivity index (χ4n) is 4.36. The van der Waals surface area contributed by atoms with E-state index in [0.717, 1.165) is 42.5 Å². The van der Waals surface area contributed by atoms with Crippen LogP contribution in [0.2, 0.25) is 0 Å². The van der Waals surface area contributed by atoms with Gasteiger partial charge in [-0.25, -0.2) is 4.98 Å². The molecule has 1 atom stereocenters. The first-order valence-electron chi connectivity index (χ1n) is 11.2. The summed E-state index contributed by atoms with van der Waals surface area (Å²) in [7, 11) is 0. The molecule has 2 fully saturated rings. The molecule has 1 saturated carbocycles. The van der Waals surface area contributed by atoms with Crippen molar-refractivity contribution in [2.24, 2.45) is 5.92 Å². The number of hydrogen-bond donors (Lipinski definition) is 1. The molecule has 1 N–H and O–H groups in total. The summed E-state index contributed by atoms with van der Waals surface area (Å²) < 4.78 is 5.98. The van der Waals surface area contributed by atoms with Crippen LogP contribution in [-0.2, 0) is 9.59 Å².